The summed E-state index contributed by atoms with van der Waals surface area (Å²) in [6.07, 6.45) is -0.113. The Morgan fingerprint density at radius 3 is 2.30 bits per heavy atom. The summed E-state index contributed by atoms with van der Waals surface area (Å²) in [7, 11) is 3.06. The fraction of sp³-hybridized carbons (Fsp3) is 0.400. The highest BCUT2D eigenvalue weighted by Crippen LogP contribution is 2.10. The van der Waals surface area contributed by atoms with Gasteiger partial charge < -0.3 is 25.4 Å². The fourth-order valence-corrected chi connectivity index (χ4v) is 1.69. The lowest BCUT2D eigenvalue weighted by Crippen LogP contribution is -2.41. The van der Waals surface area contributed by atoms with Gasteiger partial charge >= 0.3 is 12.0 Å². The molecule has 3 amide bonds. The fourth-order valence-electron chi connectivity index (χ4n) is 1.69. The van der Waals surface area contributed by atoms with E-state index in [1.165, 1.54) is 11.9 Å². The van der Waals surface area contributed by atoms with Gasteiger partial charge in [0.2, 0.25) is 0 Å². The summed E-state index contributed by atoms with van der Waals surface area (Å²) < 4.78 is 5.01. The first-order valence-electron chi connectivity index (χ1n) is 7.07. The van der Waals surface area contributed by atoms with Crippen molar-refractivity contribution < 1.29 is 24.2 Å². The number of carboxylic acids is 1. The van der Waals surface area contributed by atoms with E-state index in [0.717, 1.165) is 0 Å². The molecule has 0 bridgehead atoms. The molecule has 0 aliphatic carbocycles. The third kappa shape index (κ3) is 6.68. The summed E-state index contributed by atoms with van der Waals surface area (Å²) in [5.74, 6) is -0.546. The summed E-state index contributed by atoms with van der Waals surface area (Å²) in [6.45, 7) is 0.640. The Morgan fingerprint density at radius 1 is 1.13 bits per heavy atom. The van der Waals surface area contributed by atoms with Crippen LogP contribution >= 0.6 is 0 Å². The first-order valence-corrected chi connectivity index (χ1v) is 7.07. The summed E-state index contributed by atoms with van der Waals surface area (Å²) >= 11 is 0. The van der Waals surface area contributed by atoms with Crippen LogP contribution in [0.5, 0.6) is 5.75 Å². The molecule has 0 atom stereocenters. The molecule has 1 aromatic rings. The summed E-state index contributed by atoms with van der Waals surface area (Å²) in [5, 5.41) is 13.8. The SMILES string of the molecule is COc1ccc(C(=O)NCCNC(=O)N(C)CCC(=O)O)cc1. The van der Waals surface area contributed by atoms with Crippen LogP contribution in [0.25, 0.3) is 0 Å². The van der Waals surface area contributed by atoms with Crippen molar-refractivity contribution in [1.29, 1.82) is 0 Å². The Bertz CT molecular complexity index is 545. The van der Waals surface area contributed by atoms with Gasteiger partial charge in [-0.2, -0.15) is 0 Å². The molecule has 1 aromatic carbocycles. The third-order valence-corrected chi connectivity index (χ3v) is 3.05. The summed E-state index contributed by atoms with van der Waals surface area (Å²) in [5.41, 5.74) is 0.496. The maximum absolute atomic E-state index is 11.9. The maximum Gasteiger partial charge on any atom is 0.317 e. The third-order valence-electron chi connectivity index (χ3n) is 3.05. The zero-order valence-corrected chi connectivity index (χ0v) is 13.2. The molecule has 0 aliphatic rings. The number of benzene rings is 1. The number of carbonyl (C=O) groups is 3. The normalized spacial score (nSPS) is 9.83. The number of carbonyl (C=O) groups excluding carboxylic acids is 2. The zero-order chi connectivity index (χ0) is 17.2. The van der Waals surface area contributed by atoms with E-state index < -0.39 is 5.97 Å². The highest BCUT2D eigenvalue weighted by Gasteiger charge is 2.10. The topological polar surface area (TPSA) is 108 Å². The lowest BCUT2D eigenvalue weighted by atomic mass is 10.2. The molecule has 126 valence electrons. The highest BCUT2D eigenvalue weighted by atomic mass is 16.5. The van der Waals surface area contributed by atoms with Crippen LogP contribution in [0.1, 0.15) is 16.8 Å². The van der Waals surface area contributed by atoms with Gasteiger partial charge in [0.25, 0.3) is 5.91 Å². The summed E-state index contributed by atoms with van der Waals surface area (Å²) in [6, 6.07) is 6.28. The van der Waals surface area contributed by atoms with E-state index in [4.69, 9.17) is 9.84 Å². The second kappa shape index (κ2) is 9.29. The predicted octanol–water partition coefficient (Wildman–Crippen LogP) is 0.541. The Kier molecular flexibility index (Phi) is 7.38. The van der Waals surface area contributed by atoms with Gasteiger partial charge in [-0.25, -0.2) is 4.79 Å². The molecule has 1 rings (SSSR count). The van der Waals surface area contributed by atoms with Crippen molar-refractivity contribution in [3.05, 3.63) is 29.8 Å². The Balaban J connectivity index is 2.26. The minimum atomic E-state index is -0.962. The van der Waals surface area contributed by atoms with Crippen molar-refractivity contribution >= 4 is 17.9 Å². The number of hydrogen-bond donors (Lipinski definition) is 3. The molecule has 0 saturated carbocycles. The van der Waals surface area contributed by atoms with E-state index in [0.29, 0.717) is 11.3 Å². The van der Waals surface area contributed by atoms with Crippen LogP contribution in [-0.4, -0.2) is 61.7 Å². The van der Waals surface area contributed by atoms with Crippen molar-refractivity contribution in [1.82, 2.24) is 15.5 Å². The standard InChI is InChI=1S/C15H21N3O5/c1-18(10-7-13(19)20)15(22)17-9-8-16-14(21)11-3-5-12(23-2)6-4-11/h3-6H,7-10H2,1-2H3,(H,16,21)(H,17,22)(H,19,20). The monoisotopic (exact) mass is 323 g/mol. The van der Waals surface area contributed by atoms with E-state index in [1.54, 1.807) is 31.4 Å². The van der Waals surface area contributed by atoms with E-state index in [1.807, 2.05) is 0 Å². The van der Waals surface area contributed by atoms with Crippen molar-refractivity contribution in [3.8, 4) is 5.75 Å². The van der Waals surface area contributed by atoms with Crippen LogP contribution in [0.4, 0.5) is 4.79 Å². The molecule has 3 N–H and O–H groups in total. The van der Waals surface area contributed by atoms with E-state index in [2.05, 4.69) is 10.6 Å². The van der Waals surface area contributed by atoms with Crippen LogP contribution in [0.2, 0.25) is 0 Å². The average Bonchev–Trinajstić information content (AvgIpc) is 2.56. The number of hydrogen-bond acceptors (Lipinski definition) is 4. The molecule has 0 aliphatic heterocycles. The van der Waals surface area contributed by atoms with Gasteiger partial charge in [0.05, 0.1) is 13.5 Å². The smallest absolute Gasteiger partial charge is 0.317 e. The second-order valence-electron chi connectivity index (χ2n) is 4.78. The highest BCUT2D eigenvalue weighted by molar-refractivity contribution is 5.94. The molecule has 8 nitrogen and oxygen atoms in total. The van der Waals surface area contributed by atoms with Gasteiger partial charge in [0.1, 0.15) is 5.75 Å². The molecule has 0 heterocycles. The number of urea groups is 1. The number of methoxy groups -OCH3 is 1. The van der Waals surface area contributed by atoms with Gasteiger partial charge in [-0.3, -0.25) is 9.59 Å². The van der Waals surface area contributed by atoms with E-state index in [-0.39, 0.29) is 38.0 Å². The van der Waals surface area contributed by atoms with E-state index in [9.17, 15) is 14.4 Å². The number of amides is 3. The molecule has 0 saturated heterocycles. The second-order valence-corrected chi connectivity index (χ2v) is 4.78. The van der Waals surface area contributed by atoms with Crippen molar-refractivity contribution in [2.45, 2.75) is 6.42 Å². The van der Waals surface area contributed by atoms with Gasteiger partial charge in [0, 0.05) is 32.2 Å². The minimum Gasteiger partial charge on any atom is -0.497 e. The lowest BCUT2D eigenvalue weighted by molar-refractivity contribution is -0.137. The van der Waals surface area contributed by atoms with Crippen LogP contribution in [-0.2, 0) is 4.79 Å². The molecule has 8 heteroatoms. The minimum absolute atomic E-state index is 0.113. The van der Waals surface area contributed by atoms with Crippen molar-refractivity contribution in [3.63, 3.8) is 0 Å². The largest absolute Gasteiger partial charge is 0.497 e. The molecule has 23 heavy (non-hydrogen) atoms. The number of rotatable bonds is 8. The van der Waals surface area contributed by atoms with Crippen LogP contribution < -0.4 is 15.4 Å². The lowest BCUT2D eigenvalue weighted by Gasteiger charge is -2.17. The van der Waals surface area contributed by atoms with Gasteiger partial charge in [0.15, 0.2) is 0 Å². The molecule has 0 fully saturated rings. The molecule has 0 aromatic heterocycles. The van der Waals surface area contributed by atoms with Crippen LogP contribution in [0.3, 0.4) is 0 Å². The quantitative estimate of drug-likeness (QED) is 0.605. The Labute approximate surface area is 134 Å². The van der Waals surface area contributed by atoms with Crippen molar-refractivity contribution in [2.75, 3.05) is 33.8 Å². The molecule has 0 unspecified atom stereocenters. The van der Waals surface area contributed by atoms with E-state index >= 15 is 0 Å². The molecule has 0 spiro atoms. The number of nitrogens with zero attached hydrogens (tertiary/aromatic N) is 1. The number of aliphatic carboxylic acids is 1. The van der Waals surface area contributed by atoms with Crippen LogP contribution in [0.15, 0.2) is 24.3 Å². The predicted molar refractivity (Wildman–Crippen MR) is 83.6 cm³/mol. The van der Waals surface area contributed by atoms with Crippen LogP contribution in [0, 0.1) is 0 Å². The molecule has 0 radical (unpaired) electrons. The number of ether oxygens (including phenoxy) is 1. The average molecular weight is 323 g/mol. The van der Waals surface area contributed by atoms with Gasteiger partial charge in [-0.15, -0.1) is 0 Å². The molecular weight excluding hydrogens is 302 g/mol. The van der Waals surface area contributed by atoms with Gasteiger partial charge in [-0.05, 0) is 24.3 Å². The Morgan fingerprint density at radius 2 is 1.74 bits per heavy atom. The zero-order valence-electron chi connectivity index (χ0n) is 13.2. The maximum atomic E-state index is 11.9. The van der Waals surface area contributed by atoms with Crippen molar-refractivity contribution in [2.24, 2.45) is 0 Å². The molecular formula is C15H21N3O5. The summed E-state index contributed by atoms with van der Waals surface area (Å²) in [4.78, 5) is 35.2. The Hall–Kier alpha value is -2.77. The number of carboxylic acid groups (broad SMARTS) is 1. The first kappa shape index (κ1) is 18.3. The van der Waals surface area contributed by atoms with Gasteiger partial charge in [-0.1, -0.05) is 0 Å². The first-order chi connectivity index (χ1) is 10.9. The number of nitrogens with one attached hydrogen (secondary N) is 2.